The van der Waals surface area contributed by atoms with E-state index in [4.69, 9.17) is 16.9 Å². The summed E-state index contributed by atoms with van der Waals surface area (Å²) in [5.41, 5.74) is 2.83. The summed E-state index contributed by atoms with van der Waals surface area (Å²) in [6.45, 7) is 4.56. The van der Waals surface area contributed by atoms with Crippen LogP contribution in [0.3, 0.4) is 0 Å². The van der Waals surface area contributed by atoms with Crippen LogP contribution < -0.4 is 0 Å². The van der Waals surface area contributed by atoms with Crippen LogP contribution in [0.4, 0.5) is 0 Å². The van der Waals surface area contributed by atoms with E-state index in [1.165, 1.54) is 0 Å². The topological polar surface area (TPSA) is 61.9 Å². The summed E-state index contributed by atoms with van der Waals surface area (Å²) in [5.74, 6) is -0.139. The lowest BCUT2D eigenvalue weighted by molar-refractivity contribution is 0.0762. The molecule has 0 saturated carbocycles. The van der Waals surface area contributed by atoms with Crippen molar-refractivity contribution >= 4 is 17.5 Å². The minimum Gasteiger partial charge on any atom is -0.331 e. The standard InChI is InChI=1S/C21H17ClN4O/c1-2-11-25(14-17-5-3-16(12-23)4-6-17)21(27)18-13-24-26(15-18)20-9-7-19(22)8-10-20/h2-10,13,15H,1,11,14H2. The molecule has 0 spiro atoms. The van der Waals surface area contributed by atoms with Crippen molar-refractivity contribution in [3.63, 3.8) is 0 Å². The molecule has 0 N–H and O–H groups in total. The normalized spacial score (nSPS) is 10.2. The number of aromatic nitrogens is 2. The quantitative estimate of drug-likeness (QED) is 0.605. The lowest BCUT2D eigenvalue weighted by atomic mass is 10.1. The molecule has 0 bridgehead atoms. The van der Waals surface area contributed by atoms with E-state index in [0.717, 1.165) is 11.3 Å². The summed E-state index contributed by atoms with van der Waals surface area (Å²) in [6.07, 6.45) is 4.93. The fourth-order valence-electron chi connectivity index (χ4n) is 2.63. The lowest BCUT2D eigenvalue weighted by Gasteiger charge is -2.20. The van der Waals surface area contributed by atoms with Crippen LogP contribution in [-0.4, -0.2) is 27.1 Å². The van der Waals surface area contributed by atoms with E-state index in [1.807, 2.05) is 24.3 Å². The Bertz CT molecular complexity index is 984. The van der Waals surface area contributed by atoms with Gasteiger partial charge in [-0.25, -0.2) is 4.68 Å². The van der Waals surface area contributed by atoms with Gasteiger partial charge in [-0.05, 0) is 42.0 Å². The van der Waals surface area contributed by atoms with Gasteiger partial charge in [-0.2, -0.15) is 10.4 Å². The van der Waals surface area contributed by atoms with Crippen molar-refractivity contribution < 1.29 is 4.79 Å². The van der Waals surface area contributed by atoms with E-state index in [0.29, 0.717) is 29.2 Å². The molecule has 2 aromatic carbocycles. The molecule has 3 rings (SSSR count). The molecular formula is C21H17ClN4O. The molecule has 0 aliphatic rings. The van der Waals surface area contributed by atoms with E-state index in [1.54, 1.807) is 52.3 Å². The van der Waals surface area contributed by atoms with Crippen molar-refractivity contribution in [2.45, 2.75) is 6.54 Å². The number of amides is 1. The van der Waals surface area contributed by atoms with Gasteiger partial charge in [0.15, 0.2) is 0 Å². The Morgan fingerprint density at radius 2 is 1.93 bits per heavy atom. The first-order valence-corrected chi connectivity index (χ1v) is 8.68. The molecule has 0 radical (unpaired) electrons. The predicted molar refractivity (Wildman–Crippen MR) is 105 cm³/mol. The maximum absolute atomic E-state index is 12.9. The molecule has 6 heteroatoms. The number of carbonyl (C=O) groups is 1. The zero-order valence-electron chi connectivity index (χ0n) is 14.5. The Kier molecular flexibility index (Phi) is 5.70. The van der Waals surface area contributed by atoms with Crippen LogP contribution in [0.5, 0.6) is 0 Å². The summed E-state index contributed by atoms with van der Waals surface area (Å²) < 4.78 is 1.64. The second kappa shape index (κ2) is 8.35. The van der Waals surface area contributed by atoms with Crippen molar-refractivity contribution in [1.82, 2.24) is 14.7 Å². The first kappa shape index (κ1) is 18.4. The van der Waals surface area contributed by atoms with Crippen LogP contribution >= 0.6 is 11.6 Å². The maximum Gasteiger partial charge on any atom is 0.257 e. The van der Waals surface area contributed by atoms with Gasteiger partial charge in [0.2, 0.25) is 0 Å². The molecular weight excluding hydrogens is 360 g/mol. The third kappa shape index (κ3) is 4.43. The molecule has 0 aliphatic heterocycles. The molecule has 1 amide bonds. The number of hydrogen-bond acceptors (Lipinski definition) is 3. The van der Waals surface area contributed by atoms with Gasteiger partial charge in [0, 0.05) is 24.3 Å². The predicted octanol–water partition coefficient (Wildman–Crippen LogP) is 4.23. The molecule has 0 saturated heterocycles. The van der Waals surface area contributed by atoms with Crippen LogP contribution in [-0.2, 0) is 6.54 Å². The van der Waals surface area contributed by atoms with Gasteiger partial charge in [0.05, 0.1) is 29.1 Å². The smallest absolute Gasteiger partial charge is 0.257 e. The fourth-order valence-corrected chi connectivity index (χ4v) is 2.76. The second-order valence-electron chi connectivity index (χ2n) is 5.93. The molecule has 1 heterocycles. The molecule has 5 nitrogen and oxygen atoms in total. The molecule has 0 atom stereocenters. The number of halogens is 1. The van der Waals surface area contributed by atoms with Crippen LogP contribution in [0.1, 0.15) is 21.5 Å². The SMILES string of the molecule is C=CCN(Cc1ccc(C#N)cc1)C(=O)c1cnn(-c2ccc(Cl)cc2)c1. The van der Waals surface area contributed by atoms with Gasteiger partial charge in [-0.3, -0.25) is 4.79 Å². The van der Waals surface area contributed by atoms with Crippen molar-refractivity contribution in [2.75, 3.05) is 6.54 Å². The zero-order chi connectivity index (χ0) is 19.2. The van der Waals surface area contributed by atoms with Gasteiger partial charge in [0.1, 0.15) is 0 Å². The molecule has 0 aliphatic carbocycles. The Labute approximate surface area is 162 Å². The number of rotatable bonds is 6. The number of nitrogens with zero attached hydrogens (tertiary/aromatic N) is 4. The first-order valence-electron chi connectivity index (χ1n) is 8.30. The summed E-state index contributed by atoms with van der Waals surface area (Å²) in [6, 6.07) is 16.5. The fraction of sp³-hybridized carbons (Fsp3) is 0.0952. The van der Waals surface area contributed by atoms with E-state index in [9.17, 15) is 4.79 Å². The highest BCUT2D eigenvalue weighted by Gasteiger charge is 2.17. The van der Waals surface area contributed by atoms with Gasteiger partial charge in [-0.1, -0.05) is 29.8 Å². The third-order valence-electron chi connectivity index (χ3n) is 4.01. The van der Waals surface area contributed by atoms with E-state index >= 15 is 0 Å². The maximum atomic E-state index is 12.9. The van der Waals surface area contributed by atoms with Crippen molar-refractivity contribution in [2.24, 2.45) is 0 Å². The largest absolute Gasteiger partial charge is 0.331 e. The number of carbonyl (C=O) groups excluding carboxylic acids is 1. The Balaban J connectivity index is 1.79. The minimum absolute atomic E-state index is 0.139. The second-order valence-corrected chi connectivity index (χ2v) is 6.37. The number of benzene rings is 2. The van der Waals surface area contributed by atoms with Crippen LogP contribution in [0, 0.1) is 11.3 Å². The lowest BCUT2D eigenvalue weighted by Crippen LogP contribution is -2.30. The van der Waals surface area contributed by atoms with Gasteiger partial charge >= 0.3 is 0 Å². The van der Waals surface area contributed by atoms with Crippen LogP contribution in [0.2, 0.25) is 5.02 Å². The molecule has 27 heavy (non-hydrogen) atoms. The summed E-state index contributed by atoms with van der Waals surface area (Å²) in [4.78, 5) is 14.6. The van der Waals surface area contributed by atoms with Crippen LogP contribution in [0.25, 0.3) is 5.69 Å². The average Bonchev–Trinajstić information content (AvgIpc) is 3.18. The highest BCUT2D eigenvalue weighted by atomic mass is 35.5. The monoisotopic (exact) mass is 376 g/mol. The Morgan fingerprint density at radius 1 is 1.22 bits per heavy atom. The summed E-state index contributed by atoms with van der Waals surface area (Å²) >= 11 is 5.91. The van der Waals surface area contributed by atoms with Gasteiger partial charge in [0.25, 0.3) is 5.91 Å². The Hall–Kier alpha value is -3.36. The van der Waals surface area contributed by atoms with E-state index in [-0.39, 0.29) is 5.91 Å². The van der Waals surface area contributed by atoms with E-state index < -0.39 is 0 Å². The number of hydrogen-bond donors (Lipinski definition) is 0. The minimum atomic E-state index is -0.139. The highest BCUT2D eigenvalue weighted by molar-refractivity contribution is 6.30. The van der Waals surface area contributed by atoms with Gasteiger partial charge < -0.3 is 4.90 Å². The van der Waals surface area contributed by atoms with E-state index in [2.05, 4.69) is 17.7 Å². The zero-order valence-corrected chi connectivity index (χ0v) is 15.3. The molecule has 1 aromatic heterocycles. The number of nitriles is 1. The Morgan fingerprint density at radius 3 is 2.56 bits per heavy atom. The summed E-state index contributed by atoms with van der Waals surface area (Å²) in [7, 11) is 0. The van der Waals surface area contributed by atoms with Crippen LogP contribution in [0.15, 0.2) is 73.6 Å². The average molecular weight is 377 g/mol. The molecule has 0 fully saturated rings. The molecule has 3 aromatic rings. The van der Waals surface area contributed by atoms with Crippen molar-refractivity contribution in [3.8, 4) is 11.8 Å². The third-order valence-corrected chi connectivity index (χ3v) is 4.27. The first-order chi connectivity index (χ1) is 13.1. The highest BCUT2D eigenvalue weighted by Crippen LogP contribution is 2.15. The van der Waals surface area contributed by atoms with Crippen molar-refractivity contribution in [1.29, 1.82) is 5.26 Å². The van der Waals surface area contributed by atoms with Crippen molar-refractivity contribution in [3.05, 3.63) is 95.3 Å². The molecule has 134 valence electrons. The molecule has 0 unspecified atom stereocenters. The van der Waals surface area contributed by atoms with Gasteiger partial charge in [-0.15, -0.1) is 6.58 Å². The summed E-state index contributed by atoms with van der Waals surface area (Å²) in [5, 5.41) is 13.8.